The summed E-state index contributed by atoms with van der Waals surface area (Å²) in [7, 11) is 0. The normalized spacial score (nSPS) is 17.1. The SMILES string of the molecule is CCCCC(CC)COC(=O)C=C1C=C(c2cc(F)cc(F)c2)CCC1. The van der Waals surface area contributed by atoms with E-state index in [0.717, 1.165) is 62.2 Å². The van der Waals surface area contributed by atoms with E-state index in [0.29, 0.717) is 18.1 Å². The molecule has 142 valence electrons. The lowest BCUT2D eigenvalue weighted by Crippen LogP contribution is -2.13. The molecule has 1 aromatic carbocycles. The van der Waals surface area contributed by atoms with Crippen molar-refractivity contribution in [3.05, 3.63) is 53.1 Å². The van der Waals surface area contributed by atoms with Crippen molar-refractivity contribution in [2.24, 2.45) is 5.92 Å². The molecule has 0 saturated carbocycles. The van der Waals surface area contributed by atoms with Crippen molar-refractivity contribution >= 4 is 11.5 Å². The minimum absolute atomic E-state index is 0.335. The summed E-state index contributed by atoms with van der Waals surface area (Å²) in [4.78, 5) is 12.1. The van der Waals surface area contributed by atoms with E-state index >= 15 is 0 Å². The maximum absolute atomic E-state index is 13.4. The van der Waals surface area contributed by atoms with E-state index in [4.69, 9.17) is 4.74 Å². The van der Waals surface area contributed by atoms with Crippen LogP contribution in [0.15, 0.2) is 35.9 Å². The van der Waals surface area contributed by atoms with E-state index < -0.39 is 11.6 Å². The van der Waals surface area contributed by atoms with Gasteiger partial charge in [-0.1, -0.05) is 39.2 Å². The Morgan fingerprint density at radius 3 is 2.58 bits per heavy atom. The van der Waals surface area contributed by atoms with Gasteiger partial charge in [-0.05, 0) is 60.4 Å². The van der Waals surface area contributed by atoms with Gasteiger partial charge in [0, 0.05) is 12.1 Å². The summed E-state index contributed by atoms with van der Waals surface area (Å²) in [6, 6.07) is 3.52. The first-order chi connectivity index (χ1) is 12.5. The fourth-order valence-electron chi connectivity index (χ4n) is 3.22. The predicted molar refractivity (Wildman–Crippen MR) is 101 cm³/mol. The van der Waals surface area contributed by atoms with Crippen molar-refractivity contribution in [1.82, 2.24) is 0 Å². The molecule has 0 fully saturated rings. The zero-order chi connectivity index (χ0) is 18.9. The number of allylic oxidation sites excluding steroid dienone is 3. The third-order valence-corrected chi connectivity index (χ3v) is 4.81. The molecule has 0 radical (unpaired) electrons. The third kappa shape index (κ3) is 6.40. The molecule has 4 heteroatoms. The molecule has 0 spiro atoms. The average Bonchev–Trinajstić information content (AvgIpc) is 2.61. The number of hydrogen-bond acceptors (Lipinski definition) is 2. The minimum atomic E-state index is -0.589. The molecule has 0 bridgehead atoms. The maximum atomic E-state index is 13.4. The van der Waals surface area contributed by atoms with Crippen LogP contribution in [0.1, 0.15) is 64.4 Å². The van der Waals surface area contributed by atoms with E-state index in [9.17, 15) is 13.6 Å². The summed E-state index contributed by atoms with van der Waals surface area (Å²) in [5, 5.41) is 0. The number of hydrogen-bond donors (Lipinski definition) is 0. The number of esters is 1. The molecule has 26 heavy (non-hydrogen) atoms. The highest BCUT2D eigenvalue weighted by Gasteiger charge is 2.14. The number of halogens is 2. The fourth-order valence-corrected chi connectivity index (χ4v) is 3.22. The summed E-state index contributed by atoms with van der Waals surface area (Å²) in [5.41, 5.74) is 2.23. The first-order valence-electron chi connectivity index (χ1n) is 9.56. The van der Waals surface area contributed by atoms with Gasteiger partial charge in [0.05, 0.1) is 6.61 Å². The van der Waals surface area contributed by atoms with Crippen molar-refractivity contribution in [2.75, 3.05) is 6.61 Å². The second kappa shape index (κ2) is 10.2. The zero-order valence-electron chi connectivity index (χ0n) is 15.7. The molecular formula is C22H28F2O2. The highest BCUT2D eigenvalue weighted by molar-refractivity contribution is 5.84. The number of unbranched alkanes of at least 4 members (excludes halogenated alkanes) is 1. The van der Waals surface area contributed by atoms with Gasteiger partial charge >= 0.3 is 5.97 Å². The summed E-state index contributed by atoms with van der Waals surface area (Å²) in [6.45, 7) is 4.71. The van der Waals surface area contributed by atoms with Crippen LogP contribution in [-0.4, -0.2) is 12.6 Å². The van der Waals surface area contributed by atoms with Gasteiger partial charge in [0.1, 0.15) is 11.6 Å². The van der Waals surface area contributed by atoms with Crippen molar-refractivity contribution in [1.29, 1.82) is 0 Å². The average molecular weight is 362 g/mol. The van der Waals surface area contributed by atoms with Crippen LogP contribution in [0, 0.1) is 17.6 Å². The number of carbonyl (C=O) groups is 1. The molecule has 1 unspecified atom stereocenters. The Bertz CT molecular complexity index is 656. The lowest BCUT2D eigenvalue weighted by atomic mass is 9.90. The van der Waals surface area contributed by atoms with E-state index in [2.05, 4.69) is 13.8 Å². The van der Waals surface area contributed by atoms with Crippen LogP contribution < -0.4 is 0 Å². The predicted octanol–water partition coefficient (Wildman–Crippen LogP) is 6.22. The van der Waals surface area contributed by atoms with E-state index in [1.807, 2.05) is 6.08 Å². The molecule has 0 saturated heterocycles. The van der Waals surface area contributed by atoms with Gasteiger partial charge in [0.15, 0.2) is 0 Å². The number of ether oxygens (including phenoxy) is 1. The number of rotatable bonds is 8. The first kappa shape index (κ1) is 20.3. The summed E-state index contributed by atoms with van der Waals surface area (Å²) in [5.74, 6) is -1.11. The van der Waals surface area contributed by atoms with E-state index in [1.54, 1.807) is 0 Å². The van der Waals surface area contributed by atoms with E-state index in [-0.39, 0.29) is 5.97 Å². The zero-order valence-corrected chi connectivity index (χ0v) is 15.7. The lowest BCUT2D eigenvalue weighted by molar-refractivity contribution is -0.139. The maximum Gasteiger partial charge on any atom is 0.331 e. The molecule has 1 aromatic rings. The second-order valence-corrected chi connectivity index (χ2v) is 6.95. The van der Waals surface area contributed by atoms with Crippen LogP contribution in [-0.2, 0) is 9.53 Å². The van der Waals surface area contributed by atoms with Gasteiger partial charge in [-0.3, -0.25) is 0 Å². The molecule has 1 aliphatic carbocycles. The summed E-state index contributed by atoms with van der Waals surface area (Å²) in [6.07, 6.45) is 10.1. The van der Waals surface area contributed by atoms with E-state index in [1.165, 1.54) is 18.2 Å². The standard InChI is InChI=1S/C22H28F2O2/c1-3-5-7-16(4-2)15-26-22(25)11-17-8-6-9-18(10-17)19-12-20(23)14-21(24)13-19/h10-14,16H,3-9,15H2,1-2H3. The van der Waals surface area contributed by atoms with Crippen LogP contribution in [0.3, 0.4) is 0 Å². The molecule has 1 aliphatic rings. The van der Waals surface area contributed by atoms with Crippen molar-refractivity contribution in [3.8, 4) is 0 Å². The van der Waals surface area contributed by atoms with Gasteiger partial charge in [-0.2, -0.15) is 0 Å². The molecule has 0 aromatic heterocycles. The van der Waals surface area contributed by atoms with Gasteiger partial charge in [-0.15, -0.1) is 0 Å². The molecule has 0 heterocycles. The molecule has 0 aliphatic heterocycles. The lowest BCUT2D eigenvalue weighted by Gasteiger charge is -2.16. The quantitative estimate of drug-likeness (QED) is 0.405. The highest BCUT2D eigenvalue weighted by atomic mass is 19.1. The Morgan fingerprint density at radius 2 is 1.92 bits per heavy atom. The minimum Gasteiger partial charge on any atom is -0.462 e. The highest BCUT2D eigenvalue weighted by Crippen LogP contribution is 2.30. The molecule has 0 N–H and O–H groups in total. The van der Waals surface area contributed by atoms with Gasteiger partial charge in [0.2, 0.25) is 0 Å². The van der Waals surface area contributed by atoms with Crippen LogP contribution in [0.4, 0.5) is 8.78 Å². The van der Waals surface area contributed by atoms with Crippen molar-refractivity contribution < 1.29 is 18.3 Å². The van der Waals surface area contributed by atoms with Crippen LogP contribution in [0.2, 0.25) is 0 Å². The van der Waals surface area contributed by atoms with Crippen LogP contribution in [0.25, 0.3) is 5.57 Å². The number of benzene rings is 1. The fraction of sp³-hybridized carbons (Fsp3) is 0.500. The van der Waals surface area contributed by atoms with Crippen molar-refractivity contribution in [3.63, 3.8) is 0 Å². The van der Waals surface area contributed by atoms with Crippen molar-refractivity contribution in [2.45, 2.75) is 58.8 Å². The van der Waals surface area contributed by atoms with Crippen LogP contribution >= 0.6 is 0 Å². The summed E-state index contributed by atoms with van der Waals surface area (Å²) >= 11 is 0. The topological polar surface area (TPSA) is 26.3 Å². The molecule has 0 amide bonds. The third-order valence-electron chi connectivity index (χ3n) is 4.81. The Morgan fingerprint density at radius 1 is 1.19 bits per heavy atom. The van der Waals surface area contributed by atoms with Gasteiger partial charge in [-0.25, -0.2) is 13.6 Å². The molecule has 2 rings (SSSR count). The Hall–Kier alpha value is -1.97. The summed E-state index contributed by atoms with van der Waals surface area (Å²) < 4.78 is 32.3. The Kier molecular flexibility index (Phi) is 8.02. The van der Waals surface area contributed by atoms with Crippen LogP contribution in [0.5, 0.6) is 0 Å². The molecule has 2 nitrogen and oxygen atoms in total. The Labute approximate surface area is 154 Å². The molecular weight excluding hydrogens is 334 g/mol. The monoisotopic (exact) mass is 362 g/mol. The molecule has 1 atom stereocenters. The smallest absolute Gasteiger partial charge is 0.331 e. The Balaban J connectivity index is 2.01. The van der Waals surface area contributed by atoms with Gasteiger partial charge in [0.25, 0.3) is 0 Å². The largest absolute Gasteiger partial charge is 0.462 e. The number of carbonyl (C=O) groups excluding carboxylic acids is 1. The second-order valence-electron chi connectivity index (χ2n) is 6.95. The first-order valence-corrected chi connectivity index (χ1v) is 9.56. The van der Waals surface area contributed by atoms with Gasteiger partial charge < -0.3 is 4.74 Å².